The maximum absolute atomic E-state index is 12.4. The number of sulfonamides is 1. The molecule has 27 heavy (non-hydrogen) atoms. The van der Waals surface area contributed by atoms with Crippen molar-refractivity contribution in [2.45, 2.75) is 37.6 Å². The molecule has 2 aliphatic heterocycles. The van der Waals surface area contributed by atoms with Gasteiger partial charge in [-0.05, 0) is 30.9 Å². The van der Waals surface area contributed by atoms with Crippen LogP contribution in [-0.4, -0.2) is 55.3 Å². The molecule has 0 unspecified atom stereocenters. The van der Waals surface area contributed by atoms with E-state index in [-0.39, 0.29) is 22.6 Å². The molecule has 9 heteroatoms. The summed E-state index contributed by atoms with van der Waals surface area (Å²) >= 11 is 0. The Labute approximate surface area is 158 Å². The lowest BCUT2D eigenvalue weighted by Crippen LogP contribution is -2.49. The van der Waals surface area contributed by atoms with Crippen LogP contribution in [0.5, 0.6) is 0 Å². The highest BCUT2D eigenvalue weighted by molar-refractivity contribution is 7.90. The van der Waals surface area contributed by atoms with E-state index in [9.17, 15) is 23.1 Å². The first-order valence-electron chi connectivity index (χ1n) is 8.93. The first-order chi connectivity index (χ1) is 12.7. The van der Waals surface area contributed by atoms with E-state index < -0.39 is 22.0 Å². The third-order valence-corrected chi connectivity index (χ3v) is 6.33. The van der Waals surface area contributed by atoms with Gasteiger partial charge in [0.1, 0.15) is 10.9 Å². The Morgan fingerprint density at radius 3 is 2.44 bits per heavy atom. The second-order valence-corrected chi connectivity index (χ2v) is 8.79. The minimum Gasteiger partial charge on any atom is -0.480 e. The van der Waals surface area contributed by atoms with E-state index >= 15 is 0 Å². The number of amidine groups is 1. The van der Waals surface area contributed by atoms with Crippen molar-refractivity contribution in [3.63, 3.8) is 0 Å². The maximum atomic E-state index is 12.4. The summed E-state index contributed by atoms with van der Waals surface area (Å²) in [6, 6.07) is 5.80. The minimum absolute atomic E-state index is 0.207. The van der Waals surface area contributed by atoms with Gasteiger partial charge in [0.05, 0.1) is 0 Å². The number of hydrogen-bond donors (Lipinski definition) is 2. The summed E-state index contributed by atoms with van der Waals surface area (Å²) in [7, 11) is -3.67. The third kappa shape index (κ3) is 3.83. The van der Waals surface area contributed by atoms with Crippen molar-refractivity contribution in [3.05, 3.63) is 29.8 Å². The van der Waals surface area contributed by atoms with Gasteiger partial charge in [-0.2, -0.15) is 8.42 Å². The van der Waals surface area contributed by atoms with Crippen LogP contribution in [0.15, 0.2) is 33.6 Å². The SMILES string of the molecule is CC(C)[C@H](NC(=O)C1CCN(C2=NS(=O)(=O)c3ccccc32)CC1)C(=O)O. The molecule has 0 bridgehead atoms. The monoisotopic (exact) mass is 393 g/mol. The summed E-state index contributed by atoms with van der Waals surface area (Å²) in [5.41, 5.74) is 0.589. The average molecular weight is 393 g/mol. The highest BCUT2D eigenvalue weighted by Gasteiger charge is 2.35. The van der Waals surface area contributed by atoms with Gasteiger partial charge in [0.15, 0.2) is 5.84 Å². The molecular formula is C18H23N3O5S. The smallest absolute Gasteiger partial charge is 0.326 e. The Morgan fingerprint density at radius 1 is 1.22 bits per heavy atom. The normalized spacial score (nSPS) is 20.1. The molecule has 1 aromatic carbocycles. The second-order valence-electron chi connectivity index (χ2n) is 7.22. The topological polar surface area (TPSA) is 116 Å². The Morgan fingerprint density at radius 2 is 1.85 bits per heavy atom. The number of carbonyl (C=O) groups is 2. The van der Waals surface area contributed by atoms with Crippen LogP contribution in [0.2, 0.25) is 0 Å². The zero-order chi connectivity index (χ0) is 19.8. The predicted octanol–water partition coefficient (Wildman–Crippen LogP) is 1.07. The van der Waals surface area contributed by atoms with Crippen LogP contribution in [0.3, 0.4) is 0 Å². The molecule has 1 atom stereocenters. The van der Waals surface area contributed by atoms with Crippen LogP contribution in [-0.2, 0) is 19.6 Å². The van der Waals surface area contributed by atoms with Crippen molar-refractivity contribution in [2.24, 2.45) is 16.2 Å². The Kier molecular flexibility index (Phi) is 5.23. The van der Waals surface area contributed by atoms with Gasteiger partial charge in [-0.3, -0.25) is 4.79 Å². The number of amides is 1. The zero-order valence-electron chi connectivity index (χ0n) is 15.3. The van der Waals surface area contributed by atoms with Gasteiger partial charge in [-0.25, -0.2) is 4.79 Å². The van der Waals surface area contributed by atoms with Crippen LogP contribution in [0.25, 0.3) is 0 Å². The van der Waals surface area contributed by atoms with Crippen molar-refractivity contribution in [1.29, 1.82) is 0 Å². The van der Waals surface area contributed by atoms with Crippen LogP contribution >= 0.6 is 0 Å². The summed E-state index contributed by atoms with van der Waals surface area (Å²) in [6.07, 6.45) is 1.02. The lowest BCUT2D eigenvalue weighted by molar-refractivity contribution is -0.144. The molecule has 146 valence electrons. The predicted molar refractivity (Wildman–Crippen MR) is 98.9 cm³/mol. The molecule has 0 saturated carbocycles. The standard InChI is InChI=1S/C18H23N3O5S/c1-11(2)15(18(23)24)19-17(22)12-7-9-21(10-8-12)16-13-5-3-4-6-14(13)27(25,26)20-16/h3-6,11-12,15H,7-10H2,1-2H3,(H,19,22)(H,23,24)/t15-/m0/s1. The Bertz CT molecular complexity index is 886. The number of aliphatic carboxylic acids is 1. The van der Waals surface area contributed by atoms with Gasteiger partial charge in [-0.1, -0.05) is 26.0 Å². The molecule has 0 spiro atoms. The summed E-state index contributed by atoms with van der Waals surface area (Å²) in [4.78, 5) is 25.8. The number of nitrogens with one attached hydrogen (secondary N) is 1. The first kappa shape index (κ1) is 19.3. The van der Waals surface area contributed by atoms with Crippen LogP contribution in [0, 0.1) is 11.8 Å². The fraction of sp³-hybridized carbons (Fsp3) is 0.500. The number of rotatable bonds is 4. The number of carboxylic acid groups (broad SMARTS) is 1. The molecule has 1 fully saturated rings. The van der Waals surface area contributed by atoms with Crippen molar-refractivity contribution in [2.75, 3.05) is 13.1 Å². The molecule has 8 nitrogen and oxygen atoms in total. The summed E-state index contributed by atoms with van der Waals surface area (Å²) < 4.78 is 28.3. The summed E-state index contributed by atoms with van der Waals surface area (Å²) in [5, 5.41) is 11.8. The van der Waals surface area contributed by atoms with Crippen molar-refractivity contribution >= 4 is 27.7 Å². The highest BCUT2D eigenvalue weighted by atomic mass is 32.2. The number of benzene rings is 1. The van der Waals surface area contributed by atoms with E-state index in [1.54, 1.807) is 38.1 Å². The number of piperidine rings is 1. The first-order valence-corrected chi connectivity index (χ1v) is 10.4. The molecule has 2 N–H and O–H groups in total. The van der Waals surface area contributed by atoms with E-state index in [0.717, 1.165) is 0 Å². The molecule has 2 aliphatic rings. The van der Waals surface area contributed by atoms with Crippen molar-refractivity contribution in [3.8, 4) is 0 Å². The van der Waals surface area contributed by atoms with Gasteiger partial charge in [-0.15, -0.1) is 4.40 Å². The number of hydrogen-bond acceptors (Lipinski definition) is 5. The highest BCUT2D eigenvalue weighted by Crippen LogP contribution is 2.29. The molecular weight excluding hydrogens is 370 g/mol. The fourth-order valence-electron chi connectivity index (χ4n) is 3.45. The largest absolute Gasteiger partial charge is 0.480 e. The lowest BCUT2D eigenvalue weighted by atomic mass is 9.94. The van der Waals surface area contributed by atoms with E-state index in [0.29, 0.717) is 37.3 Å². The second kappa shape index (κ2) is 7.30. The van der Waals surface area contributed by atoms with Gasteiger partial charge in [0.2, 0.25) is 5.91 Å². The number of nitrogens with zero attached hydrogens (tertiary/aromatic N) is 2. The minimum atomic E-state index is -3.67. The van der Waals surface area contributed by atoms with E-state index in [1.807, 2.05) is 4.90 Å². The number of carbonyl (C=O) groups excluding carboxylic acids is 1. The third-order valence-electron chi connectivity index (χ3n) is 5.01. The van der Waals surface area contributed by atoms with Gasteiger partial charge >= 0.3 is 5.97 Å². The molecule has 0 radical (unpaired) electrons. The molecule has 3 rings (SSSR count). The number of likely N-dealkylation sites (tertiary alicyclic amines) is 1. The molecule has 1 aromatic rings. The van der Waals surface area contributed by atoms with E-state index in [1.165, 1.54) is 0 Å². The van der Waals surface area contributed by atoms with Crippen molar-refractivity contribution < 1.29 is 23.1 Å². The van der Waals surface area contributed by atoms with Crippen LogP contribution in [0.1, 0.15) is 32.3 Å². The lowest BCUT2D eigenvalue weighted by Gasteiger charge is -2.33. The average Bonchev–Trinajstić information content (AvgIpc) is 2.91. The number of fused-ring (bicyclic) bond motifs is 1. The quantitative estimate of drug-likeness (QED) is 0.791. The molecule has 1 amide bonds. The fourth-order valence-corrected chi connectivity index (χ4v) is 4.68. The maximum Gasteiger partial charge on any atom is 0.326 e. The zero-order valence-corrected chi connectivity index (χ0v) is 16.1. The van der Waals surface area contributed by atoms with Gasteiger partial charge in [0, 0.05) is 24.6 Å². The van der Waals surface area contributed by atoms with Gasteiger partial charge < -0.3 is 15.3 Å². The summed E-state index contributed by atoms with van der Waals surface area (Å²) in [6.45, 7) is 4.47. The molecule has 2 heterocycles. The molecule has 0 aromatic heterocycles. The summed E-state index contributed by atoms with van der Waals surface area (Å²) in [5.74, 6) is -1.39. The van der Waals surface area contributed by atoms with Crippen molar-refractivity contribution in [1.82, 2.24) is 10.2 Å². The molecule has 0 aliphatic carbocycles. The van der Waals surface area contributed by atoms with E-state index in [2.05, 4.69) is 9.71 Å². The van der Waals surface area contributed by atoms with Crippen LogP contribution < -0.4 is 5.32 Å². The molecule has 1 saturated heterocycles. The number of carboxylic acids is 1. The van der Waals surface area contributed by atoms with Gasteiger partial charge in [0.25, 0.3) is 10.0 Å². The Balaban J connectivity index is 1.66. The van der Waals surface area contributed by atoms with E-state index in [4.69, 9.17) is 0 Å². The van der Waals surface area contributed by atoms with Crippen LogP contribution in [0.4, 0.5) is 0 Å². The Hall–Kier alpha value is -2.42.